The van der Waals surface area contributed by atoms with Crippen LogP contribution in [0.5, 0.6) is 0 Å². The summed E-state index contributed by atoms with van der Waals surface area (Å²) in [6.45, 7) is 2.09. The second kappa shape index (κ2) is 5.97. The summed E-state index contributed by atoms with van der Waals surface area (Å²) >= 11 is 0. The summed E-state index contributed by atoms with van der Waals surface area (Å²) in [6, 6.07) is 11.1. The normalized spacial score (nSPS) is 10.0. The number of hydrogen-bond donors (Lipinski definition) is 3. The first-order valence-electron chi connectivity index (χ1n) is 6.06. The van der Waals surface area contributed by atoms with Crippen molar-refractivity contribution < 1.29 is 4.79 Å². The zero-order valence-corrected chi connectivity index (χ0v) is 10.7. The number of hydrazine groups is 1. The molecule has 4 N–H and O–H groups in total. The number of hydrogen-bond acceptors (Lipinski definition) is 4. The van der Waals surface area contributed by atoms with E-state index < -0.39 is 0 Å². The fourth-order valence-electron chi connectivity index (χ4n) is 1.73. The van der Waals surface area contributed by atoms with Gasteiger partial charge in [-0.2, -0.15) is 0 Å². The number of carbonyl (C=O) groups is 1. The summed E-state index contributed by atoms with van der Waals surface area (Å²) < 4.78 is 0. The Hall–Kier alpha value is -2.40. The van der Waals surface area contributed by atoms with Gasteiger partial charge in [-0.1, -0.05) is 19.1 Å². The molecule has 0 atom stereocenters. The third kappa shape index (κ3) is 3.08. The largest absolute Gasteiger partial charge is 0.322 e. The molecule has 2 aromatic rings. The van der Waals surface area contributed by atoms with Gasteiger partial charge in [0, 0.05) is 11.9 Å². The van der Waals surface area contributed by atoms with Crippen molar-refractivity contribution in [3.63, 3.8) is 0 Å². The smallest absolute Gasteiger partial charge is 0.259 e. The molecule has 0 radical (unpaired) electrons. The third-order valence-electron chi connectivity index (χ3n) is 2.81. The maximum Gasteiger partial charge on any atom is 0.259 e. The van der Waals surface area contributed by atoms with Crippen LogP contribution >= 0.6 is 0 Å². The van der Waals surface area contributed by atoms with Crippen LogP contribution < -0.4 is 16.6 Å². The van der Waals surface area contributed by atoms with Gasteiger partial charge >= 0.3 is 0 Å². The first-order valence-corrected chi connectivity index (χ1v) is 6.06. The van der Waals surface area contributed by atoms with Crippen LogP contribution in [0.3, 0.4) is 0 Å². The average molecular weight is 256 g/mol. The van der Waals surface area contributed by atoms with Crippen LogP contribution in [0.2, 0.25) is 0 Å². The van der Waals surface area contributed by atoms with E-state index in [1.54, 1.807) is 18.3 Å². The highest BCUT2D eigenvalue weighted by atomic mass is 16.1. The Labute approximate surface area is 111 Å². The fourth-order valence-corrected chi connectivity index (χ4v) is 1.73. The van der Waals surface area contributed by atoms with Crippen molar-refractivity contribution >= 4 is 17.4 Å². The number of aryl methyl sites for hydroxylation is 1. The Bertz CT molecular complexity index is 566. The number of nitrogens with zero attached hydrogens (tertiary/aromatic N) is 1. The van der Waals surface area contributed by atoms with Crippen molar-refractivity contribution in [3.05, 3.63) is 53.7 Å². The van der Waals surface area contributed by atoms with Crippen molar-refractivity contribution in [2.45, 2.75) is 13.3 Å². The number of aromatic nitrogens is 1. The van der Waals surface area contributed by atoms with Gasteiger partial charge in [0.25, 0.3) is 5.91 Å². The highest BCUT2D eigenvalue weighted by molar-refractivity contribution is 6.07. The fraction of sp³-hybridized carbons (Fsp3) is 0.143. The molecule has 0 fully saturated rings. The van der Waals surface area contributed by atoms with Crippen LogP contribution in [0.15, 0.2) is 42.6 Å². The predicted octanol–water partition coefficient (Wildman–Crippen LogP) is 2.18. The maximum atomic E-state index is 12.1. The summed E-state index contributed by atoms with van der Waals surface area (Å²) in [5.74, 6) is 5.43. The minimum Gasteiger partial charge on any atom is -0.322 e. The Morgan fingerprint density at radius 2 is 2.00 bits per heavy atom. The first-order chi connectivity index (χ1) is 9.24. The Morgan fingerprint density at radius 1 is 1.26 bits per heavy atom. The molecular weight excluding hydrogens is 240 g/mol. The molecular formula is C14H16N4O. The molecule has 1 amide bonds. The topological polar surface area (TPSA) is 80.0 Å². The van der Waals surface area contributed by atoms with Gasteiger partial charge in [0.05, 0.1) is 5.56 Å². The van der Waals surface area contributed by atoms with Crippen molar-refractivity contribution in [2.75, 3.05) is 10.7 Å². The van der Waals surface area contributed by atoms with E-state index in [1.807, 2.05) is 24.3 Å². The molecule has 5 nitrogen and oxygen atoms in total. The number of nitrogens with one attached hydrogen (secondary N) is 2. The summed E-state index contributed by atoms with van der Waals surface area (Å²) in [6.07, 6.45) is 2.54. The number of nitrogens with two attached hydrogens (primary N) is 1. The minimum atomic E-state index is -0.245. The Kier molecular flexibility index (Phi) is 4.10. The van der Waals surface area contributed by atoms with Gasteiger partial charge in [-0.3, -0.25) is 4.79 Å². The van der Waals surface area contributed by atoms with Gasteiger partial charge < -0.3 is 10.7 Å². The Balaban J connectivity index is 2.16. The van der Waals surface area contributed by atoms with Gasteiger partial charge in [0.15, 0.2) is 5.82 Å². The zero-order valence-electron chi connectivity index (χ0n) is 10.7. The molecule has 0 saturated heterocycles. The number of nitrogen functional groups attached to an aromatic ring is 1. The molecule has 0 saturated carbocycles. The molecule has 1 aromatic carbocycles. The molecule has 2 rings (SSSR count). The monoisotopic (exact) mass is 256 g/mol. The summed E-state index contributed by atoms with van der Waals surface area (Å²) in [5, 5.41) is 2.81. The summed E-state index contributed by atoms with van der Waals surface area (Å²) in [4.78, 5) is 16.1. The van der Waals surface area contributed by atoms with Crippen LogP contribution in [0.1, 0.15) is 22.8 Å². The first kappa shape index (κ1) is 13.0. The molecule has 0 aliphatic heterocycles. The minimum absolute atomic E-state index is 0.245. The lowest BCUT2D eigenvalue weighted by molar-refractivity contribution is 0.102. The maximum absolute atomic E-state index is 12.1. The van der Waals surface area contributed by atoms with E-state index in [1.165, 1.54) is 5.56 Å². The number of amides is 1. The molecule has 1 aromatic heterocycles. The number of carbonyl (C=O) groups excluding carboxylic acids is 1. The molecule has 0 bridgehead atoms. The van der Waals surface area contributed by atoms with Crippen LogP contribution in [-0.4, -0.2) is 10.9 Å². The van der Waals surface area contributed by atoms with Crippen molar-refractivity contribution in [1.82, 2.24) is 4.98 Å². The van der Waals surface area contributed by atoms with E-state index in [-0.39, 0.29) is 5.91 Å². The average Bonchev–Trinajstić information content (AvgIpc) is 2.48. The molecule has 98 valence electrons. The number of anilines is 2. The molecule has 1 heterocycles. The lowest BCUT2D eigenvalue weighted by Crippen LogP contribution is -2.18. The third-order valence-corrected chi connectivity index (χ3v) is 2.81. The molecule has 0 aliphatic carbocycles. The molecule has 0 spiro atoms. The zero-order chi connectivity index (χ0) is 13.7. The highest BCUT2D eigenvalue weighted by Crippen LogP contribution is 2.15. The van der Waals surface area contributed by atoms with Gasteiger partial charge in [-0.05, 0) is 36.2 Å². The van der Waals surface area contributed by atoms with Gasteiger partial charge in [-0.15, -0.1) is 0 Å². The van der Waals surface area contributed by atoms with E-state index >= 15 is 0 Å². The Morgan fingerprint density at radius 3 is 2.63 bits per heavy atom. The SMILES string of the molecule is CCc1ccc(NC(=O)c2cccnc2NN)cc1. The molecule has 5 heteroatoms. The number of pyridine rings is 1. The number of rotatable bonds is 4. The van der Waals surface area contributed by atoms with E-state index in [9.17, 15) is 4.79 Å². The van der Waals surface area contributed by atoms with Gasteiger partial charge in [0.2, 0.25) is 0 Å². The van der Waals surface area contributed by atoms with Crippen LogP contribution in [0, 0.1) is 0 Å². The van der Waals surface area contributed by atoms with Gasteiger partial charge in [0.1, 0.15) is 0 Å². The second-order valence-corrected chi connectivity index (χ2v) is 4.05. The standard InChI is InChI=1S/C14H16N4O/c1-2-10-5-7-11(8-6-10)17-14(19)12-4-3-9-16-13(12)18-15/h3-9H,2,15H2,1H3,(H,16,18)(H,17,19). The van der Waals surface area contributed by atoms with E-state index in [4.69, 9.17) is 5.84 Å². The van der Waals surface area contributed by atoms with Crippen LogP contribution in [0.4, 0.5) is 11.5 Å². The van der Waals surface area contributed by atoms with E-state index in [0.29, 0.717) is 11.4 Å². The lowest BCUT2D eigenvalue weighted by atomic mass is 10.1. The lowest BCUT2D eigenvalue weighted by Gasteiger charge is -2.09. The van der Waals surface area contributed by atoms with E-state index in [2.05, 4.69) is 22.7 Å². The van der Waals surface area contributed by atoms with Crippen LogP contribution in [0.25, 0.3) is 0 Å². The molecule has 19 heavy (non-hydrogen) atoms. The van der Waals surface area contributed by atoms with Crippen molar-refractivity contribution in [3.8, 4) is 0 Å². The quantitative estimate of drug-likeness (QED) is 0.578. The van der Waals surface area contributed by atoms with Crippen molar-refractivity contribution in [2.24, 2.45) is 5.84 Å². The summed E-state index contributed by atoms with van der Waals surface area (Å²) in [7, 11) is 0. The predicted molar refractivity (Wildman–Crippen MR) is 75.8 cm³/mol. The van der Waals surface area contributed by atoms with E-state index in [0.717, 1.165) is 12.1 Å². The number of benzene rings is 1. The molecule has 0 unspecified atom stereocenters. The second-order valence-electron chi connectivity index (χ2n) is 4.05. The highest BCUT2D eigenvalue weighted by Gasteiger charge is 2.11. The molecule has 0 aliphatic rings. The van der Waals surface area contributed by atoms with Crippen molar-refractivity contribution in [1.29, 1.82) is 0 Å². The van der Waals surface area contributed by atoms with Crippen LogP contribution in [-0.2, 0) is 6.42 Å². The van der Waals surface area contributed by atoms with Gasteiger partial charge in [-0.25, -0.2) is 10.8 Å². The summed E-state index contributed by atoms with van der Waals surface area (Å²) in [5.41, 5.74) is 4.79.